The second-order valence-corrected chi connectivity index (χ2v) is 9.12. The van der Waals surface area contributed by atoms with Crippen molar-refractivity contribution in [2.45, 2.75) is 46.6 Å². The van der Waals surface area contributed by atoms with Gasteiger partial charge >= 0.3 is 0 Å². The molecular formula is C22H27BrN6O2. The van der Waals surface area contributed by atoms with Crippen molar-refractivity contribution in [1.82, 2.24) is 25.4 Å². The number of carbonyl (C=O) groups is 1. The minimum atomic E-state index is -0.371. The van der Waals surface area contributed by atoms with E-state index in [0.29, 0.717) is 12.2 Å². The van der Waals surface area contributed by atoms with Crippen molar-refractivity contribution in [3.8, 4) is 5.75 Å². The minimum absolute atomic E-state index is 0.116. The topological polar surface area (TPSA) is 97.2 Å². The molecule has 8 nitrogen and oxygen atoms in total. The second-order valence-electron chi connectivity index (χ2n) is 8.33. The molecule has 0 unspecified atom stereocenters. The van der Waals surface area contributed by atoms with Crippen LogP contribution in [0.1, 0.15) is 59.5 Å². The van der Waals surface area contributed by atoms with Crippen LogP contribution >= 0.6 is 15.9 Å². The molecule has 164 valence electrons. The average molecular weight is 487 g/mol. The Labute approximate surface area is 190 Å². The van der Waals surface area contributed by atoms with E-state index in [9.17, 15) is 4.79 Å². The summed E-state index contributed by atoms with van der Waals surface area (Å²) < 4.78 is 8.42. The van der Waals surface area contributed by atoms with Gasteiger partial charge < -0.3 is 4.74 Å². The number of aryl methyl sites for hydroxylation is 1. The van der Waals surface area contributed by atoms with Crippen molar-refractivity contribution in [2.75, 3.05) is 7.11 Å². The van der Waals surface area contributed by atoms with Crippen LogP contribution in [0.2, 0.25) is 0 Å². The van der Waals surface area contributed by atoms with Crippen LogP contribution in [0.5, 0.6) is 5.75 Å². The quantitative estimate of drug-likeness (QED) is 0.404. The van der Waals surface area contributed by atoms with Gasteiger partial charge in [0.25, 0.3) is 5.91 Å². The van der Waals surface area contributed by atoms with Crippen molar-refractivity contribution in [2.24, 2.45) is 5.10 Å². The Balaban J connectivity index is 1.73. The number of H-pyrrole nitrogens is 1. The van der Waals surface area contributed by atoms with Crippen LogP contribution < -0.4 is 10.2 Å². The zero-order chi connectivity index (χ0) is 22.8. The van der Waals surface area contributed by atoms with E-state index in [1.807, 2.05) is 57.5 Å². The Morgan fingerprint density at radius 1 is 1.32 bits per heavy atom. The fraction of sp³-hybridized carbons (Fsp3) is 0.364. The van der Waals surface area contributed by atoms with E-state index in [1.54, 1.807) is 19.4 Å². The van der Waals surface area contributed by atoms with Crippen molar-refractivity contribution in [1.29, 1.82) is 0 Å². The molecule has 2 N–H and O–H groups in total. The molecule has 3 aromatic rings. The van der Waals surface area contributed by atoms with Gasteiger partial charge in [0.15, 0.2) is 5.69 Å². The summed E-state index contributed by atoms with van der Waals surface area (Å²) >= 11 is 3.56. The molecule has 0 saturated heterocycles. The first-order valence-electron chi connectivity index (χ1n) is 9.86. The average Bonchev–Trinajstić information content (AvgIpc) is 3.30. The first-order valence-corrected chi connectivity index (χ1v) is 10.6. The highest BCUT2D eigenvalue weighted by Crippen LogP contribution is 2.24. The predicted octanol–water partition coefficient (Wildman–Crippen LogP) is 4.10. The van der Waals surface area contributed by atoms with Crippen LogP contribution in [0.25, 0.3) is 0 Å². The van der Waals surface area contributed by atoms with E-state index in [2.05, 4.69) is 41.8 Å². The van der Waals surface area contributed by atoms with Gasteiger partial charge in [0.1, 0.15) is 5.75 Å². The van der Waals surface area contributed by atoms with Crippen LogP contribution in [0.15, 0.2) is 33.8 Å². The van der Waals surface area contributed by atoms with Crippen LogP contribution in [0.3, 0.4) is 0 Å². The number of hydrogen-bond acceptors (Lipinski definition) is 5. The minimum Gasteiger partial charge on any atom is -0.496 e. The number of nitrogens with zero attached hydrogens (tertiary/aromatic N) is 4. The number of aromatic amines is 1. The molecule has 0 spiro atoms. The predicted molar refractivity (Wildman–Crippen MR) is 124 cm³/mol. The monoisotopic (exact) mass is 486 g/mol. The van der Waals surface area contributed by atoms with Crippen LogP contribution in [-0.4, -0.2) is 39.2 Å². The molecule has 1 aromatic carbocycles. The summed E-state index contributed by atoms with van der Waals surface area (Å²) in [4.78, 5) is 12.3. The summed E-state index contributed by atoms with van der Waals surface area (Å²) in [6.07, 6.45) is 1.59. The van der Waals surface area contributed by atoms with Gasteiger partial charge in [-0.15, -0.1) is 0 Å². The Morgan fingerprint density at radius 3 is 2.65 bits per heavy atom. The Bertz CT molecular complexity index is 1120. The molecule has 0 radical (unpaired) electrons. The standard InChI is InChI=1S/C22H27BrN6O2/c1-13-20(23)14(2)29(28-13)12-16-9-15(7-8-18(16)31-6)11-24-27-21(30)17-10-19(26-25-17)22(3,4)5/h7-11H,12H2,1-6H3,(H,25,26)(H,27,30)/b24-11+. The summed E-state index contributed by atoms with van der Waals surface area (Å²) in [6.45, 7) is 10.7. The summed E-state index contributed by atoms with van der Waals surface area (Å²) in [5, 5.41) is 15.6. The number of aromatic nitrogens is 4. The zero-order valence-electron chi connectivity index (χ0n) is 18.6. The summed E-state index contributed by atoms with van der Waals surface area (Å²) in [6, 6.07) is 7.46. The third-order valence-corrected chi connectivity index (χ3v) is 6.06. The van der Waals surface area contributed by atoms with Gasteiger partial charge in [0, 0.05) is 16.7 Å². The molecule has 31 heavy (non-hydrogen) atoms. The SMILES string of the molecule is COc1ccc(/C=N/NC(=O)c2cc(C(C)(C)C)[nH]n2)cc1Cn1nc(C)c(Br)c1C. The number of carbonyl (C=O) groups excluding carboxylic acids is 1. The number of rotatable bonds is 6. The Hall–Kier alpha value is -2.94. The molecule has 9 heteroatoms. The van der Waals surface area contributed by atoms with E-state index < -0.39 is 0 Å². The van der Waals surface area contributed by atoms with Gasteiger partial charge in [0.2, 0.25) is 0 Å². The number of hydrazone groups is 1. The lowest BCUT2D eigenvalue weighted by Gasteiger charge is -2.14. The van der Waals surface area contributed by atoms with Gasteiger partial charge in [0.05, 0.1) is 35.7 Å². The summed E-state index contributed by atoms with van der Waals surface area (Å²) in [7, 11) is 1.64. The maximum atomic E-state index is 12.3. The molecule has 1 amide bonds. The number of amides is 1. The fourth-order valence-electron chi connectivity index (χ4n) is 3.04. The van der Waals surface area contributed by atoms with Crippen molar-refractivity contribution >= 4 is 28.1 Å². The third-order valence-electron chi connectivity index (χ3n) is 4.92. The van der Waals surface area contributed by atoms with Gasteiger partial charge in [-0.3, -0.25) is 14.6 Å². The zero-order valence-corrected chi connectivity index (χ0v) is 20.2. The largest absolute Gasteiger partial charge is 0.496 e. The molecule has 0 bridgehead atoms. The molecule has 0 atom stereocenters. The fourth-order valence-corrected chi connectivity index (χ4v) is 3.32. The highest BCUT2D eigenvalue weighted by molar-refractivity contribution is 9.10. The van der Waals surface area contributed by atoms with Crippen molar-refractivity contribution in [3.05, 3.63) is 62.6 Å². The number of halogens is 1. The van der Waals surface area contributed by atoms with Crippen molar-refractivity contribution < 1.29 is 9.53 Å². The van der Waals surface area contributed by atoms with Gasteiger partial charge in [-0.05, 0) is 59.6 Å². The van der Waals surface area contributed by atoms with Crippen LogP contribution in [0, 0.1) is 13.8 Å². The normalized spacial score (nSPS) is 11.8. The highest BCUT2D eigenvalue weighted by Gasteiger charge is 2.19. The molecule has 0 aliphatic rings. The van der Waals surface area contributed by atoms with Gasteiger partial charge in [-0.25, -0.2) is 5.43 Å². The number of hydrogen-bond donors (Lipinski definition) is 2. The third kappa shape index (κ3) is 5.22. The molecule has 2 aromatic heterocycles. The molecule has 0 saturated carbocycles. The lowest BCUT2D eigenvalue weighted by Crippen LogP contribution is -2.18. The lowest BCUT2D eigenvalue weighted by molar-refractivity contribution is 0.0950. The maximum absolute atomic E-state index is 12.3. The number of nitrogens with one attached hydrogen (secondary N) is 2. The molecule has 3 rings (SSSR count). The van der Waals surface area contributed by atoms with E-state index >= 15 is 0 Å². The van der Waals surface area contributed by atoms with E-state index in [1.165, 1.54) is 0 Å². The molecule has 0 aliphatic heterocycles. The Kier molecular flexibility index (Phi) is 6.64. The smallest absolute Gasteiger partial charge is 0.291 e. The second kappa shape index (κ2) is 9.05. The highest BCUT2D eigenvalue weighted by atomic mass is 79.9. The van der Waals surface area contributed by atoms with Crippen LogP contribution in [0.4, 0.5) is 0 Å². The molecule has 0 fully saturated rings. The summed E-state index contributed by atoms with van der Waals surface area (Å²) in [5.74, 6) is 0.389. The number of methoxy groups -OCH3 is 1. The van der Waals surface area contributed by atoms with E-state index in [-0.39, 0.29) is 11.3 Å². The summed E-state index contributed by atoms with van der Waals surface area (Å²) in [5.41, 5.74) is 7.35. The number of ether oxygens (including phenoxy) is 1. The van der Waals surface area contributed by atoms with Gasteiger partial charge in [-0.2, -0.15) is 15.3 Å². The van der Waals surface area contributed by atoms with Crippen molar-refractivity contribution in [3.63, 3.8) is 0 Å². The lowest BCUT2D eigenvalue weighted by atomic mass is 9.92. The van der Waals surface area contributed by atoms with Crippen LogP contribution in [-0.2, 0) is 12.0 Å². The molecule has 0 aliphatic carbocycles. The molecule has 2 heterocycles. The number of benzene rings is 1. The van der Waals surface area contributed by atoms with E-state index in [4.69, 9.17) is 4.74 Å². The first kappa shape index (κ1) is 22.7. The first-order chi connectivity index (χ1) is 14.6. The van der Waals surface area contributed by atoms with Gasteiger partial charge in [-0.1, -0.05) is 20.8 Å². The van der Waals surface area contributed by atoms with E-state index in [0.717, 1.165) is 38.4 Å². The maximum Gasteiger partial charge on any atom is 0.291 e. The molecular weight excluding hydrogens is 460 g/mol. The Morgan fingerprint density at radius 2 is 2.06 bits per heavy atom.